The van der Waals surface area contributed by atoms with Crippen LogP contribution in [-0.2, 0) is 23.8 Å². The van der Waals surface area contributed by atoms with E-state index >= 15 is 0 Å². The molecule has 36 heavy (non-hydrogen) atoms. The van der Waals surface area contributed by atoms with Crippen molar-refractivity contribution < 1.29 is 28.2 Å². The number of esters is 2. The van der Waals surface area contributed by atoms with Crippen LogP contribution in [-0.4, -0.2) is 73.2 Å². The summed E-state index contributed by atoms with van der Waals surface area (Å²) in [5.74, 6) is -1.29. The smallest absolute Gasteiger partial charge is 0.347 e. The highest BCUT2D eigenvalue weighted by Gasteiger charge is 2.36. The third-order valence-electron chi connectivity index (χ3n) is 5.63. The van der Waals surface area contributed by atoms with Gasteiger partial charge in [-0.1, -0.05) is 22.0 Å². The minimum Gasteiger partial charge on any atom is -0.463 e. The predicted octanol–water partition coefficient (Wildman–Crippen LogP) is 3.22. The molecule has 2 aromatic rings. The quantitative estimate of drug-likeness (QED) is 0.475. The Morgan fingerprint density at radius 3 is 2.81 bits per heavy atom. The highest BCUT2D eigenvalue weighted by atomic mass is 79.9. The molecule has 0 amide bonds. The second-order valence-electron chi connectivity index (χ2n) is 8.09. The van der Waals surface area contributed by atoms with Crippen molar-refractivity contribution in [3.63, 3.8) is 0 Å². The van der Waals surface area contributed by atoms with E-state index in [1.807, 2.05) is 5.38 Å². The lowest BCUT2D eigenvalue weighted by molar-refractivity contribution is -0.164. The summed E-state index contributed by atoms with van der Waals surface area (Å²) in [6.07, 6.45) is 0.555. The number of hydrogen-bond acceptors (Lipinski definition) is 10. The van der Waals surface area contributed by atoms with E-state index < -0.39 is 29.9 Å². The van der Waals surface area contributed by atoms with Crippen molar-refractivity contribution in [2.24, 2.45) is 4.99 Å². The van der Waals surface area contributed by atoms with Gasteiger partial charge >= 0.3 is 11.9 Å². The third kappa shape index (κ3) is 6.17. The Hall–Kier alpha value is -2.67. The molecular formula is C24H26BrFN4O5S. The number of carbonyl (C=O) groups excluding carboxylic acids is 2. The molecule has 1 aromatic heterocycles. The molecule has 1 aromatic carbocycles. The van der Waals surface area contributed by atoms with E-state index in [4.69, 9.17) is 19.2 Å². The molecule has 1 fully saturated rings. The molecule has 2 aliphatic heterocycles. The summed E-state index contributed by atoms with van der Waals surface area (Å²) in [5.41, 5.74) is 1.37. The van der Waals surface area contributed by atoms with E-state index in [1.54, 1.807) is 19.2 Å². The van der Waals surface area contributed by atoms with Crippen LogP contribution < -0.4 is 5.32 Å². The highest BCUT2D eigenvalue weighted by Crippen LogP contribution is 2.37. The van der Waals surface area contributed by atoms with Crippen LogP contribution in [0, 0.1) is 5.82 Å². The van der Waals surface area contributed by atoms with Gasteiger partial charge in [0, 0.05) is 41.4 Å². The van der Waals surface area contributed by atoms with E-state index in [1.165, 1.54) is 30.4 Å². The van der Waals surface area contributed by atoms with Crippen LogP contribution >= 0.6 is 27.3 Å². The number of aliphatic imine (C=N–C) groups is 1. The molecule has 3 heterocycles. The van der Waals surface area contributed by atoms with Gasteiger partial charge in [-0.3, -0.25) is 9.89 Å². The number of carbonyl (C=O) groups is 2. The molecule has 0 radical (unpaired) electrons. The number of nitrogens with one attached hydrogen (secondary N) is 1. The summed E-state index contributed by atoms with van der Waals surface area (Å²) in [7, 11) is 0. The number of benzene rings is 1. The van der Waals surface area contributed by atoms with E-state index in [-0.39, 0.29) is 12.2 Å². The van der Waals surface area contributed by atoms with Gasteiger partial charge in [0.05, 0.1) is 25.4 Å². The summed E-state index contributed by atoms with van der Waals surface area (Å²) < 4.78 is 30.4. The van der Waals surface area contributed by atoms with Crippen molar-refractivity contribution in [2.45, 2.75) is 26.0 Å². The minimum absolute atomic E-state index is 0.167. The zero-order valence-electron chi connectivity index (χ0n) is 19.8. The van der Waals surface area contributed by atoms with Crippen molar-refractivity contribution in [2.75, 3.05) is 39.5 Å². The standard InChI is InChI=1S/C24H26BrFN4O5S/c1-3-34-23(31)14(2)35-24(32)19-18(13-30-7-9-33-10-8-30)28-21(22-27-6-11-36-22)29-20(19)16-5-4-15(26)12-17(16)25/h4-6,11-12,14,20H,3,7-10,13H2,1-2H3,(H,28,29)/t14-,20?/m1/s1. The van der Waals surface area contributed by atoms with Gasteiger partial charge in [-0.25, -0.2) is 19.0 Å². The van der Waals surface area contributed by atoms with Gasteiger partial charge in [0.1, 0.15) is 11.9 Å². The van der Waals surface area contributed by atoms with Crippen LogP contribution in [0.5, 0.6) is 0 Å². The van der Waals surface area contributed by atoms with Crippen LogP contribution in [0.3, 0.4) is 0 Å². The summed E-state index contributed by atoms with van der Waals surface area (Å²) in [6.45, 7) is 6.21. The molecule has 192 valence electrons. The number of morpholine rings is 1. The number of thiazole rings is 1. The second-order valence-corrected chi connectivity index (χ2v) is 9.84. The molecular weight excluding hydrogens is 555 g/mol. The summed E-state index contributed by atoms with van der Waals surface area (Å²) >= 11 is 4.82. The van der Waals surface area contributed by atoms with Gasteiger partial charge in [-0.2, -0.15) is 0 Å². The van der Waals surface area contributed by atoms with Crippen LogP contribution in [0.25, 0.3) is 0 Å². The zero-order chi connectivity index (χ0) is 25.7. The highest BCUT2D eigenvalue weighted by molar-refractivity contribution is 9.10. The number of hydrogen-bond donors (Lipinski definition) is 1. The maximum absolute atomic E-state index is 13.9. The zero-order valence-corrected chi connectivity index (χ0v) is 22.2. The number of ether oxygens (including phenoxy) is 3. The largest absolute Gasteiger partial charge is 0.463 e. The first kappa shape index (κ1) is 26.4. The molecule has 1 saturated heterocycles. The summed E-state index contributed by atoms with van der Waals surface area (Å²) in [5, 5.41) is 5.76. The predicted molar refractivity (Wildman–Crippen MR) is 135 cm³/mol. The van der Waals surface area contributed by atoms with E-state index in [0.29, 0.717) is 59.4 Å². The molecule has 12 heteroatoms. The van der Waals surface area contributed by atoms with Crippen LogP contribution in [0.2, 0.25) is 0 Å². The van der Waals surface area contributed by atoms with Crippen molar-refractivity contribution >= 4 is 45.0 Å². The molecule has 9 nitrogen and oxygen atoms in total. The first-order valence-corrected chi connectivity index (χ1v) is 13.1. The fraction of sp³-hybridized carbons (Fsp3) is 0.417. The molecule has 4 rings (SSSR count). The molecule has 0 saturated carbocycles. The third-order valence-corrected chi connectivity index (χ3v) is 7.09. The molecule has 0 bridgehead atoms. The Morgan fingerprint density at radius 2 is 2.14 bits per heavy atom. The Labute approximate surface area is 220 Å². The minimum atomic E-state index is -1.11. The molecule has 1 unspecified atom stereocenters. The van der Waals surface area contributed by atoms with E-state index in [0.717, 1.165) is 0 Å². The number of halogens is 2. The SMILES string of the molecule is CCOC(=O)[C@@H](C)OC(=O)C1=C(CN2CCOCC2)NC(c2nccs2)=NC1c1ccc(F)cc1Br. The van der Waals surface area contributed by atoms with Gasteiger partial charge in [-0.05, 0) is 31.5 Å². The Morgan fingerprint density at radius 1 is 1.36 bits per heavy atom. The lowest BCUT2D eigenvalue weighted by atomic mass is 9.95. The molecule has 0 spiro atoms. The molecule has 1 N–H and O–H groups in total. The first-order chi connectivity index (χ1) is 17.4. The fourth-order valence-corrected chi connectivity index (χ4v) is 5.03. The molecule has 2 atom stereocenters. The van der Waals surface area contributed by atoms with Gasteiger partial charge in [0.15, 0.2) is 16.9 Å². The van der Waals surface area contributed by atoms with Crippen LogP contribution in [0.4, 0.5) is 4.39 Å². The monoisotopic (exact) mass is 580 g/mol. The van der Waals surface area contributed by atoms with Crippen molar-refractivity contribution in [3.8, 4) is 0 Å². The first-order valence-electron chi connectivity index (χ1n) is 11.5. The van der Waals surface area contributed by atoms with Gasteiger partial charge in [0.2, 0.25) is 0 Å². The van der Waals surface area contributed by atoms with Crippen molar-refractivity contribution in [1.82, 2.24) is 15.2 Å². The number of rotatable bonds is 8. The summed E-state index contributed by atoms with van der Waals surface area (Å²) in [6, 6.07) is 3.37. The molecule has 2 aliphatic rings. The second kappa shape index (κ2) is 12.0. The Kier molecular flexibility index (Phi) is 8.83. The molecule has 0 aliphatic carbocycles. The van der Waals surface area contributed by atoms with Crippen LogP contribution in [0.15, 0.2) is 50.5 Å². The lowest BCUT2D eigenvalue weighted by Gasteiger charge is -2.32. The topological polar surface area (TPSA) is 102 Å². The average molecular weight is 581 g/mol. The van der Waals surface area contributed by atoms with Gasteiger partial charge in [0.25, 0.3) is 0 Å². The number of amidine groups is 1. The van der Waals surface area contributed by atoms with Crippen molar-refractivity contribution in [3.05, 3.63) is 61.9 Å². The lowest BCUT2D eigenvalue weighted by Crippen LogP contribution is -2.43. The van der Waals surface area contributed by atoms with Gasteiger partial charge < -0.3 is 19.5 Å². The average Bonchev–Trinajstić information content (AvgIpc) is 3.39. The Bertz CT molecular complexity index is 1170. The van der Waals surface area contributed by atoms with Crippen molar-refractivity contribution in [1.29, 1.82) is 0 Å². The summed E-state index contributed by atoms with van der Waals surface area (Å²) in [4.78, 5) is 37.1. The number of nitrogens with zero attached hydrogens (tertiary/aromatic N) is 3. The maximum atomic E-state index is 13.9. The van der Waals surface area contributed by atoms with Crippen LogP contribution in [0.1, 0.15) is 30.5 Å². The van der Waals surface area contributed by atoms with Gasteiger partial charge in [-0.15, -0.1) is 11.3 Å². The van der Waals surface area contributed by atoms with E-state index in [2.05, 4.69) is 31.1 Å². The maximum Gasteiger partial charge on any atom is 0.347 e. The Balaban J connectivity index is 1.78. The normalized spacial score (nSPS) is 19.3. The fourth-order valence-electron chi connectivity index (χ4n) is 3.87. The van der Waals surface area contributed by atoms with E-state index in [9.17, 15) is 14.0 Å². The number of aromatic nitrogens is 1.